The zero-order valence-electron chi connectivity index (χ0n) is 13.9. The number of aromatic amines is 1. The molecule has 1 aromatic carbocycles. The number of fused-ring (bicyclic) bond motifs is 1. The number of nitrogens with one attached hydrogen (secondary N) is 1. The SMILES string of the molecule is Cc1cc(=O)[nH]c([C@@H]2CCCN2C(=O)c2ccc3c(c2)OCCO3)n1. The molecule has 0 unspecified atom stereocenters. The molecule has 1 atom stereocenters. The summed E-state index contributed by atoms with van der Waals surface area (Å²) in [5.74, 6) is 1.71. The molecule has 1 N–H and O–H groups in total. The third-order valence-corrected chi connectivity index (χ3v) is 4.51. The van der Waals surface area contributed by atoms with Crippen molar-refractivity contribution < 1.29 is 14.3 Å². The molecular formula is C18H19N3O4. The highest BCUT2D eigenvalue weighted by Crippen LogP contribution is 2.34. The van der Waals surface area contributed by atoms with Crippen LogP contribution in [0.25, 0.3) is 0 Å². The smallest absolute Gasteiger partial charge is 0.254 e. The van der Waals surface area contributed by atoms with Gasteiger partial charge in [0, 0.05) is 23.9 Å². The maximum Gasteiger partial charge on any atom is 0.254 e. The number of hydrogen-bond acceptors (Lipinski definition) is 5. The molecule has 0 radical (unpaired) electrons. The average Bonchev–Trinajstić information content (AvgIpc) is 3.09. The zero-order valence-corrected chi connectivity index (χ0v) is 13.9. The molecule has 7 nitrogen and oxygen atoms in total. The second-order valence-electron chi connectivity index (χ2n) is 6.29. The largest absolute Gasteiger partial charge is 0.486 e. The lowest BCUT2D eigenvalue weighted by Crippen LogP contribution is -2.32. The highest BCUT2D eigenvalue weighted by Gasteiger charge is 2.32. The van der Waals surface area contributed by atoms with Crippen LogP contribution < -0.4 is 15.0 Å². The van der Waals surface area contributed by atoms with Crippen molar-refractivity contribution in [3.05, 3.63) is 51.7 Å². The van der Waals surface area contributed by atoms with Gasteiger partial charge in [-0.1, -0.05) is 0 Å². The molecule has 0 bridgehead atoms. The lowest BCUT2D eigenvalue weighted by molar-refractivity contribution is 0.0728. The van der Waals surface area contributed by atoms with Crippen molar-refractivity contribution in [2.45, 2.75) is 25.8 Å². The summed E-state index contributed by atoms with van der Waals surface area (Å²) in [6.07, 6.45) is 1.65. The van der Waals surface area contributed by atoms with Crippen molar-refractivity contribution in [2.75, 3.05) is 19.8 Å². The molecule has 0 saturated carbocycles. The van der Waals surface area contributed by atoms with Gasteiger partial charge >= 0.3 is 0 Å². The Kier molecular flexibility index (Phi) is 3.91. The highest BCUT2D eigenvalue weighted by molar-refractivity contribution is 5.95. The van der Waals surface area contributed by atoms with Gasteiger partial charge in [0.2, 0.25) is 0 Å². The van der Waals surface area contributed by atoms with Crippen LogP contribution in [0.15, 0.2) is 29.1 Å². The van der Waals surface area contributed by atoms with E-state index in [1.807, 2.05) is 0 Å². The Morgan fingerprint density at radius 2 is 2.04 bits per heavy atom. The first-order valence-electron chi connectivity index (χ1n) is 8.40. The van der Waals surface area contributed by atoms with Gasteiger partial charge in [-0.25, -0.2) is 4.98 Å². The van der Waals surface area contributed by atoms with Crippen LogP contribution in [0.1, 0.15) is 40.8 Å². The second-order valence-corrected chi connectivity index (χ2v) is 6.29. The maximum absolute atomic E-state index is 13.0. The van der Waals surface area contributed by atoms with E-state index in [9.17, 15) is 9.59 Å². The minimum Gasteiger partial charge on any atom is -0.486 e. The van der Waals surface area contributed by atoms with Gasteiger partial charge in [-0.3, -0.25) is 9.59 Å². The van der Waals surface area contributed by atoms with Crippen LogP contribution in [-0.2, 0) is 0 Å². The predicted octanol–water partition coefficient (Wildman–Crippen LogP) is 1.83. The lowest BCUT2D eigenvalue weighted by Gasteiger charge is -2.25. The van der Waals surface area contributed by atoms with Gasteiger partial charge in [0.25, 0.3) is 11.5 Å². The lowest BCUT2D eigenvalue weighted by atomic mass is 10.1. The number of carbonyl (C=O) groups excluding carboxylic acids is 1. The molecule has 2 aromatic rings. The van der Waals surface area contributed by atoms with Crippen LogP contribution in [-0.4, -0.2) is 40.5 Å². The first-order valence-corrected chi connectivity index (χ1v) is 8.40. The molecule has 0 spiro atoms. The molecule has 1 aromatic heterocycles. The molecule has 4 rings (SSSR count). The van der Waals surface area contributed by atoms with E-state index in [4.69, 9.17) is 9.47 Å². The first-order chi connectivity index (χ1) is 12.1. The number of benzene rings is 1. The Morgan fingerprint density at radius 1 is 1.24 bits per heavy atom. The van der Waals surface area contributed by atoms with E-state index in [0.29, 0.717) is 48.3 Å². The fourth-order valence-corrected chi connectivity index (χ4v) is 3.40. The molecule has 3 heterocycles. The molecule has 0 aliphatic carbocycles. The molecule has 1 saturated heterocycles. The highest BCUT2D eigenvalue weighted by atomic mass is 16.6. The van der Waals surface area contributed by atoms with E-state index in [1.54, 1.807) is 30.0 Å². The maximum atomic E-state index is 13.0. The number of nitrogens with zero attached hydrogens (tertiary/aromatic N) is 2. The fraction of sp³-hybridized carbons (Fsp3) is 0.389. The van der Waals surface area contributed by atoms with Crippen molar-refractivity contribution >= 4 is 5.91 Å². The Labute approximate surface area is 144 Å². The van der Waals surface area contributed by atoms with Crippen LogP contribution in [0.4, 0.5) is 0 Å². The van der Waals surface area contributed by atoms with E-state index in [1.165, 1.54) is 6.07 Å². The van der Waals surface area contributed by atoms with Gasteiger partial charge in [0.05, 0.1) is 6.04 Å². The Bertz CT molecular complexity index is 877. The number of amides is 1. The van der Waals surface area contributed by atoms with Gasteiger partial charge in [0.15, 0.2) is 11.5 Å². The summed E-state index contributed by atoms with van der Waals surface area (Å²) >= 11 is 0. The number of aryl methyl sites for hydroxylation is 1. The molecule has 25 heavy (non-hydrogen) atoms. The van der Waals surface area contributed by atoms with Crippen LogP contribution in [0.5, 0.6) is 11.5 Å². The van der Waals surface area contributed by atoms with E-state index in [-0.39, 0.29) is 17.5 Å². The average molecular weight is 341 g/mol. The van der Waals surface area contributed by atoms with Crippen molar-refractivity contribution in [3.8, 4) is 11.5 Å². The van der Waals surface area contributed by atoms with Crippen molar-refractivity contribution in [1.29, 1.82) is 0 Å². The monoisotopic (exact) mass is 341 g/mol. The van der Waals surface area contributed by atoms with E-state index in [0.717, 1.165) is 12.8 Å². The summed E-state index contributed by atoms with van der Waals surface area (Å²) in [6, 6.07) is 6.47. The van der Waals surface area contributed by atoms with Gasteiger partial charge < -0.3 is 19.4 Å². The number of carbonyl (C=O) groups is 1. The first kappa shape index (κ1) is 15.7. The summed E-state index contributed by atoms with van der Waals surface area (Å²) in [6.45, 7) is 3.41. The van der Waals surface area contributed by atoms with Crippen molar-refractivity contribution in [3.63, 3.8) is 0 Å². The molecule has 7 heteroatoms. The predicted molar refractivity (Wildman–Crippen MR) is 90.0 cm³/mol. The molecule has 2 aliphatic rings. The Balaban J connectivity index is 1.63. The quantitative estimate of drug-likeness (QED) is 0.901. The van der Waals surface area contributed by atoms with Crippen molar-refractivity contribution in [1.82, 2.24) is 14.9 Å². The van der Waals surface area contributed by atoms with E-state index in [2.05, 4.69) is 9.97 Å². The third kappa shape index (κ3) is 2.97. The van der Waals surface area contributed by atoms with Gasteiger partial charge in [0.1, 0.15) is 19.0 Å². The van der Waals surface area contributed by atoms with Crippen LogP contribution in [0.2, 0.25) is 0 Å². The number of hydrogen-bond donors (Lipinski definition) is 1. The Morgan fingerprint density at radius 3 is 2.84 bits per heavy atom. The van der Waals surface area contributed by atoms with E-state index < -0.39 is 0 Å². The second kappa shape index (κ2) is 6.23. The molecular weight excluding hydrogens is 322 g/mol. The summed E-state index contributed by atoms with van der Waals surface area (Å²) in [5, 5.41) is 0. The van der Waals surface area contributed by atoms with Crippen LogP contribution in [0.3, 0.4) is 0 Å². The number of aromatic nitrogens is 2. The molecule has 130 valence electrons. The summed E-state index contributed by atoms with van der Waals surface area (Å²) in [7, 11) is 0. The summed E-state index contributed by atoms with van der Waals surface area (Å²) < 4.78 is 11.1. The Hall–Kier alpha value is -2.83. The normalized spacial score (nSPS) is 19.1. The third-order valence-electron chi connectivity index (χ3n) is 4.51. The van der Waals surface area contributed by atoms with Gasteiger partial charge in [-0.05, 0) is 38.0 Å². The zero-order chi connectivity index (χ0) is 17.4. The minimum atomic E-state index is -0.215. The molecule has 2 aliphatic heterocycles. The van der Waals surface area contributed by atoms with Gasteiger partial charge in [-0.15, -0.1) is 0 Å². The molecule has 1 amide bonds. The van der Waals surface area contributed by atoms with Gasteiger partial charge in [-0.2, -0.15) is 0 Å². The topological polar surface area (TPSA) is 84.5 Å². The summed E-state index contributed by atoms with van der Waals surface area (Å²) in [5.41, 5.74) is 1.00. The number of likely N-dealkylation sites (tertiary alicyclic amines) is 1. The standard InChI is InChI=1S/C18H19N3O4/c1-11-9-16(22)20-17(19-11)13-3-2-6-21(13)18(23)12-4-5-14-15(10-12)25-8-7-24-14/h4-5,9-10,13H,2-3,6-8H2,1H3,(H,19,20,22)/t13-/m0/s1. The molecule has 1 fully saturated rings. The number of ether oxygens (including phenoxy) is 2. The fourth-order valence-electron chi connectivity index (χ4n) is 3.40. The van der Waals surface area contributed by atoms with Crippen LogP contribution >= 0.6 is 0 Å². The van der Waals surface area contributed by atoms with Crippen molar-refractivity contribution in [2.24, 2.45) is 0 Å². The minimum absolute atomic E-state index is 0.0939. The summed E-state index contributed by atoms with van der Waals surface area (Å²) in [4.78, 5) is 33.7. The van der Waals surface area contributed by atoms with E-state index >= 15 is 0 Å². The van der Waals surface area contributed by atoms with Crippen LogP contribution in [0, 0.1) is 6.92 Å². The number of rotatable bonds is 2. The number of H-pyrrole nitrogens is 1.